The number of rotatable bonds is 7. The highest BCUT2D eigenvalue weighted by Crippen LogP contribution is 2.54. The maximum Gasteiger partial charge on any atom is 0.320 e. The van der Waals surface area contributed by atoms with E-state index in [1.54, 1.807) is 11.8 Å². The summed E-state index contributed by atoms with van der Waals surface area (Å²) in [6.07, 6.45) is 0. The topological polar surface area (TPSA) is 112 Å². The second-order valence-corrected chi connectivity index (χ2v) is 11.5. The average Bonchev–Trinajstić information content (AvgIpc) is 3.50. The standard InChI is InChI=1S/C25H29F2N5O4S/c1-36-10-9-31-12-18(16-7-8-20(26)21(27)11-16)22(13-31)28-25(33)29-24-19-14-37(34,35)15-23(19)30-32(24)17-5-3-2-4-6-17/h2-8,11,18,22,34-35H,9-10,12-15H2,1H3,(H2,28,29,33)/t18-,22+/m0/s1. The van der Waals surface area contributed by atoms with Crippen molar-refractivity contribution in [3.05, 3.63) is 77.0 Å². The van der Waals surface area contributed by atoms with Gasteiger partial charge in [-0.25, -0.2) is 18.3 Å². The molecule has 37 heavy (non-hydrogen) atoms. The molecule has 1 aromatic heterocycles. The zero-order chi connectivity index (χ0) is 26.2. The normalized spacial score (nSPS) is 21.5. The fourth-order valence-electron chi connectivity index (χ4n) is 4.98. The number of ether oxygens (including phenoxy) is 1. The number of para-hydroxylation sites is 1. The predicted octanol–water partition coefficient (Wildman–Crippen LogP) is 4.15. The summed E-state index contributed by atoms with van der Waals surface area (Å²) < 4.78 is 54.8. The van der Waals surface area contributed by atoms with Gasteiger partial charge in [-0.1, -0.05) is 24.3 Å². The van der Waals surface area contributed by atoms with E-state index >= 15 is 0 Å². The highest BCUT2D eigenvalue weighted by Gasteiger charge is 2.37. The quantitative estimate of drug-likeness (QED) is 0.363. The van der Waals surface area contributed by atoms with Crippen LogP contribution in [0, 0.1) is 11.6 Å². The summed E-state index contributed by atoms with van der Waals surface area (Å²) >= 11 is 0. The Balaban J connectivity index is 1.39. The first-order chi connectivity index (χ1) is 17.7. The Morgan fingerprint density at radius 1 is 1.14 bits per heavy atom. The second kappa shape index (κ2) is 10.4. The zero-order valence-corrected chi connectivity index (χ0v) is 21.0. The van der Waals surface area contributed by atoms with Gasteiger partial charge in [0.05, 0.1) is 35.5 Å². The summed E-state index contributed by atoms with van der Waals surface area (Å²) in [5, 5.41) is 10.4. The van der Waals surface area contributed by atoms with E-state index in [2.05, 4.69) is 20.6 Å². The van der Waals surface area contributed by atoms with E-state index in [9.17, 15) is 22.7 Å². The highest BCUT2D eigenvalue weighted by atomic mass is 32.3. The first kappa shape index (κ1) is 25.6. The molecular weight excluding hydrogens is 504 g/mol. The lowest BCUT2D eigenvalue weighted by Crippen LogP contribution is -2.42. The maximum absolute atomic E-state index is 14.0. The molecule has 4 N–H and O–H groups in total. The number of carbonyl (C=O) groups excluding carboxylic acids is 1. The lowest BCUT2D eigenvalue weighted by Gasteiger charge is -2.26. The number of fused-ring (bicyclic) bond motifs is 1. The molecule has 0 bridgehead atoms. The molecule has 2 aliphatic heterocycles. The number of aromatic nitrogens is 2. The van der Waals surface area contributed by atoms with Gasteiger partial charge < -0.3 is 10.1 Å². The predicted molar refractivity (Wildman–Crippen MR) is 137 cm³/mol. The number of urea groups is 1. The molecule has 2 aliphatic rings. The number of halogens is 2. The van der Waals surface area contributed by atoms with Gasteiger partial charge in [0.1, 0.15) is 5.82 Å². The molecule has 12 heteroatoms. The van der Waals surface area contributed by atoms with Crippen LogP contribution in [0.3, 0.4) is 0 Å². The summed E-state index contributed by atoms with van der Waals surface area (Å²) in [4.78, 5) is 15.4. The molecule has 198 valence electrons. The number of anilines is 1. The van der Waals surface area contributed by atoms with Gasteiger partial charge in [-0.05, 0) is 29.8 Å². The van der Waals surface area contributed by atoms with E-state index in [0.29, 0.717) is 48.9 Å². The molecule has 2 atom stereocenters. The Labute approximate surface area is 214 Å². The van der Waals surface area contributed by atoms with Crippen LogP contribution in [0.4, 0.5) is 19.4 Å². The molecule has 2 amide bonds. The van der Waals surface area contributed by atoms with Crippen molar-refractivity contribution in [1.29, 1.82) is 0 Å². The second-order valence-electron chi connectivity index (χ2n) is 9.35. The largest absolute Gasteiger partial charge is 0.383 e. The van der Waals surface area contributed by atoms with Gasteiger partial charge in [-0.3, -0.25) is 19.3 Å². The van der Waals surface area contributed by atoms with Crippen LogP contribution >= 0.6 is 10.6 Å². The van der Waals surface area contributed by atoms with E-state index in [1.807, 2.05) is 30.3 Å². The molecule has 2 aromatic carbocycles. The van der Waals surface area contributed by atoms with Crippen LogP contribution in [0.2, 0.25) is 0 Å². The summed E-state index contributed by atoms with van der Waals surface area (Å²) in [7, 11) is -1.24. The third-order valence-corrected chi connectivity index (χ3v) is 8.22. The molecule has 1 saturated heterocycles. The maximum atomic E-state index is 14.0. The Bertz CT molecular complexity index is 1290. The minimum absolute atomic E-state index is 0.0104. The molecule has 0 aliphatic carbocycles. The first-order valence-electron chi connectivity index (χ1n) is 11.9. The number of amides is 2. The van der Waals surface area contributed by atoms with Gasteiger partial charge in [-0.15, -0.1) is 0 Å². The average molecular weight is 534 g/mol. The SMILES string of the molecule is COCCN1C[C@@H](NC(=O)Nc2c3c(nn2-c2ccccc2)CS(O)(O)C3)[C@H](c2ccc(F)c(F)c2)C1. The highest BCUT2D eigenvalue weighted by molar-refractivity contribution is 8.23. The minimum Gasteiger partial charge on any atom is -0.383 e. The minimum atomic E-state index is -2.84. The van der Waals surface area contributed by atoms with Crippen LogP contribution in [0.1, 0.15) is 22.7 Å². The van der Waals surface area contributed by atoms with Gasteiger partial charge in [0.2, 0.25) is 0 Å². The Morgan fingerprint density at radius 2 is 1.92 bits per heavy atom. The number of benzene rings is 2. The molecule has 0 unspecified atom stereocenters. The Hall–Kier alpha value is -3.03. The van der Waals surface area contributed by atoms with Crippen LogP contribution in [0.5, 0.6) is 0 Å². The zero-order valence-electron chi connectivity index (χ0n) is 20.2. The van der Waals surface area contributed by atoms with E-state index in [-0.39, 0.29) is 23.5 Å². The smallest absolute Gasteiger partial charge is 0.320 e. The van der Waals surface area contributed by atoms with E-state index in [1.165, 1.54) is 12.1 Å². The molecule has 1 fully saturated rings. The van der Waals surface area contributed by atoms with Gasteiger partial charge in [0.25, 0.3) is 0 Å². The third-order valence-electron chi connectivity index (χ3n) is 6.74. The van der Waals surface area contributed by atoms with Crippen molar-refractivity contribution >= 4 is 22.4 Å². The summed E-state index contributed by atoms with van der Waals surface area (Å²) in [5.74, 6) is -1.71. The number of hydrogen-bond acceptors (Lipinski definition) is 6. The van der Waals surface area contributed by atoms with Crippen molar-refractivity contribution in [1.82, 2.24) is 20.0 Å². The summed E-state index contributed by atoms with van der Waals surface area (Å²) in [6.45, 7) is 2.16. The molecule has 3 aromatic rings. The van der Waals surface area contributed by atoms with Crippen molar-refractivity contribution in [2.24, 2.45) is 0 Å². The Morgan fingerprint density at radius 3 is 2.65 bits per heavy atom. The van der Waals surface area contributed by atoms with E-state index in [4.69, 9.17) is 4.74 Å². The van der Waals surface area contributed by atoms with Gasteiger partial charge in [0, 0.05) is 38.2 Å². The molecule has 3 heterocycles. The molecular formula is C25H29F2N5O4S. The fourth-order valence-corrected chi connectivity index (χ4v) is 6.51. The first-order valence-corrected chi connectivity index (χ1v) is 13.8. The molecule has 0 saturated carbocycles. The van der Waals surface area contributed by atoms with Gasteiger partial charge in [-0.2, -0.15) is 15.7 Å². The van der Waals surface area contributed by atoms with Crippen molar-refractivity contribution in [2.45, 2.75) is 23.5 Å². The van der Waals surface area contributed by atoms with E-state index in [0.717, 1.165) is 11.8 Å². The number of likely N-dealkylation sites (tertiary alicyclic amines) is 1. The van der Waals surface area contributed by atoms with Crippen LogP contribution < -0.4 is 10.6 Å². The fraction of sp³-hybridized carbons (Fsp3) is 0.360. The molecule has 5 rings (SSSR count). The summed E-state index contributed by atoms with van der Waals surface area (Å²) in [6, 6.07) is 12.2. The Kier molecular flexibility index (Phi) is 7.19. The summed E-state index contributed by atoms with van der Waals surface area (Å²) in [5.41, 5.74) is 2.43. The van der Waals surface area contributed by atoms with Gasteiger partial charge in [0.15, 0.2) is 11.6 Å². The monoisotopic (exact) mass is 533 g/mol. The lowest BCUT2D eigenvalue weighted by molar-refractivity contribution is 0.159. The number of carbonyl (C=O) groups is 1. The van der Waals surface area contributed by atoms with Crippen molar-refractivity contribution in [3.8, 4) is 5.69 Å². The van der Waals surface area contributed by atoms with Crippen LogP contribution in [-0.4, -0.2) is 69.2 Å². The molecule has 9 nitrogen and oxygen atoms in total. The molecule has 0 spiro atoms. The number of methoxy groups -OCH3 is 1. The van der Waals surface area contributed by atoms with E-state index < -0.39 is 28.3 Å². The van der Waals surface area contributed by atoms with Gasteiger partial charge >= 0.3 is 6.03 Å². The number of hydrogen-bond donors (Lipinski definition) is 4. The number of nitrogens with one attached hydrogen (secondary N) is 2. The van der Waals surface area contributed by atoms with Crippen molar-refractivity contribution in [3.63, 3.8) is 0 Å². The molecule has 0 radical (unpaired) electrons. The number of nitrogens with zero attached hydrogens (tertiary/aromatic N) is 3. The van der Waals surface area contributed by atoms with Crippen molar-refractivity contribution < 1.29 is 27.4 Å². The third kappa shape index (κ3) is 5.48. The lowest BCUT2D eigenvalue weighted by atomic mass is 9.94. The van der Waals surface area contributed by atoms with Crippen LogP contribution in [0.15, 0.2) is 48.5 Å². The van der Waals surface area contributed by atoms with Crippen molar-refractivity contribution in [2.75, 3.05) is 38.7 Å². The van der Waals surface area contributed by atoms with Crippen LogP contribution in [0.25, 0.3) is 5.69 Å². The van der Waals surface area contributed by atoms with Crippen LogP contribution in [-0.2, 0) is 16.2 Å².